The van der Waals surface area contributed by atoms with Gasteiger partial charge in [-0.1, -0.05) is 32.9 Å². The van der Waals surface area contributed by atoms with E-state index in [-0.39, 0.29) is 40.9 Å². The van der Waals surface area contributed by atoms with Crippen LogP contribution < -0.4 is 16.4 Å². The molecule has 1 amide bonds. The summed E-state index contributed by atoms with van der Waals surface area (Å²) in [6.45, 7) is 12.3. The summed E-state index contributed by atoms with van der Waals surface area (Å²) in [7, 11) is 0. The van der Waals surface area contributed by atoms with Gasteiger partial charge in [-0.3, -0.25) is 19.5 Å². The number of benzene rings is 1. The monoisotopic (exact) mass is 411 g/mol. The molecule has 3 aromatic rings. The van der Waals surface area contributed by atoms with Gasteiger partial charge < -0.3 is 5.32 Å². The lowest BCUT2D eigenvalue weighted by atomic mass is 9.92. The fraction of sp³-hybridized carbons (Fsp3) is 0.455. The van der Waals surface area contributed by atoms with Crippen molar-refractivity contribution in [3.05, 3.63) is 56.7 Å². The van der Waals surface area contributed by atoms with Crippen LogP contribution in [0.25, 0.3) is 10.8 Å². The molecule has 160 valence electrons. The number of rotatable bonds is 4. The molecule has 2 heterocycles. The van der Waals surface area contributed by atoms with Gasteiger partial charge in [-0.15, -0.1) is 0 Å². The molecule has 0 aliphatic heterocycles. The van der Waals surface area contributed by atoms with Crippen molar-refractivity contribution in [3.63, 3.8) is 0 Å². The molecule has 3 rings (SSSR count). The maximum atomic E-state index is 12.6. The van der Waals surface area contributed by atoms with Gasteiger partial charge in [-0.25, -0.2) is 9.36 Å². The lowest BCUT2D eigenvalue weighted by Crippen LogP contribution is -2.31. The lowest BCUT2D eigenvalue weighted by Gasteiger charge is -2.23. The van der Waals surface area contributed by atoms with Gasteiger partial charge in [-0.2, -0.15) is 5.10 Å². The van der Waals surface area contributed by atoms with Crippen LogP contribution in [0.3, 0.4) is 0 Å². The molecule has 8 nitrogen and oxygen atoms in total. The van der Waals surface area contributed by atoms with Gasteiger partial charge in [0.25, 0.3) is 11.1 Å². The van der Waals surface area contributed by atoms with Crippen LogP contribution in [0.2, 0.25) is 0 Å². The second kappa shape index (κ2) is 7.59. The minimum atomic E-state index is -0.355. The molecule has 0 radical (unpaired) electrons. The number of amides is 1. The molecule has 0 aliphatic rings. The number of carbonyl (C=O) groups is 1. The number of fused-ring (bicyclic) bond motifs is 1. The Hall–Kier alpha value is -3.16. The molecule has 0 saturated carbocycles. The Bertz CT molecular complexity index is 1200. The molecule has 0 unspecified atom stereocenters. The highest BCUT2D eigenvalue weighted by molar-refractivity contribution is 5.90. The third-order valence-electron chi connectivity index (χ3n) is 4.83. The van der Waals surface area contributed by atoms with E-state index in [1.807, 2.05) is 26.8 Å². The van der Waals surface area contributed by atoms with E-state index in [4.69, 9.17) is 0 Å². The van der Waals surface area contributed by atoms with Gasteiger partial charge in [0.1, 0.15) is 5.82 Å². The number of aromatic amines is 1. The average Bonchev–Trinajstić information content (AvgIpc) is 3.08. The van der Waals surface area contributed by atoms with E-state index < -0.39 is 0 Å². The molecule has 0 fully saturated rings. The highest BCUT2D eigenvalue weighted by atomic mass is 16.2. The number of hydrogen-bond donors (Lipinski definition) is 2. The normalized spacial score (nSPS) is 12.3. The zero-order valence-electron chi connectivity index (χ0n) is 18.4. The maximum Gasteiger partial charge on any atom is 0.273 e. The van der Waals surface area contributed by atoms with Crippen molar-refractivity contribution in [2.24, 2.45) is 0 Å². The van der Waals surface area contributed by atoms with Gasteiger partial charge in [0, 0.05) is 17.9 Å². The van der Waals surface area contributed by atoms with Crippen molar-refractivity contribution in [3.8, 4) is 0 Å². The van der Waals surface area contributed by atoms with E-state index in [0.29, 0.717) is 16.6 Å². The first kappa shape index (κ1) is 21.5. The predicted molar refractivity (Wildman–Crippen MR) is 118 cm³/mol. The number of nitrogens with one attached hydrogen (secondary N) is 2. The predicted octanol–water partition coefficient (Wildman–Crippen LogP) is 2.97. The molecule has 0 aliphatic carbocycles. The number of aromatic nitrogens is 4. The van der Waals surface area contributed by atoms with E-state index in [9.17, 15) is 14.4 Å². The Morgan fingerprint density at radius 3 is 2.30 bits per heavy atom. The van der Waals surface area contributed by atoms with Crippen molar-refractivity contribution >= 4 is 22.5 Å². The lowest BCUT2D eigenvalue weighted by molar-refractivity contribution is -0.116. The van der Waals surface area contributed by atoms with Crippen LogP contribution in [0.15, 0.2) is 39.9 Å². The standard InChI is InChI=1S/C22H29N5O3/c1-21(2,3)16-13-17(27(24-16)22(4,5)6)23-18(28)11-12-26-20(30)15-10-8-7-9-14(15)19(29)25-26/h7-10,13H,11-12H2,1-6H3,(H,23,28)(H,25,29). The van der Waals surface area contributed by atoms with Crippen molar-refractivity contribution in [1.82, 2.24) is 19.6 Å². The van der Waals surface area contributed by atoms with E-state index in [1.165, 1.54) is 4.68 Å². The third kappa shape index (κ3) is 4.37. The van der Waals surface area contributed by atoms with E-state index in [0.717, 1.165) is 5.69 Å². The highest BCUT2D eigenvalue weighted by Crippen LogP contribution is 2.28. The van der Waals surface area contributed by atoms with Gasteiger partial charge in [0.05, 0.1) is 28.6 Å². The molecule has 30 heavy (non-hydrogen) atoms. The number of aryl methyl sites for hydroxylation is 1. The first-order valence-corrected chi connectivity index (χ1v) is 10.0. The summed E-state index contributed by atoms with van der Waals surface area (Å²) in [4.78, 5) is 37.4. The fourth-order valence-electron chi connectivity index (χ4n) is 3.17. The van der Waals surface area contributed by atoms with Crippen LogP contribution in [0.4, 0.5) is 5.82 Å². The molecule has 0 bridgehead atoms. The zero-order valence-corrected chi connectivity index (χ0v) is 18.4. The van der Waals surface area contributed by atoms with Crippen molar-refractivity contribution < 1.29 is 4.79 Å². The summed E-state index contributed by atoms with van der Waals surface area (Å²) >= 11 is 0. The van der Waals surface area contributed by atoms with Crippen LogP contribution in [0, 0.1) is 0 Å². The fourth-order valence-corrected chi connectivity index (χ4v) is 3.17. The van der Waals surface area contributed by atoms with Crippen LogP contribution in [-0.4, -0.2) is 25.5 Å². The zero-order chi connectivity index (χ0) is 22.3. The molecular formula is C22H29N5O3. The molecule has 2 N–H and O–H groups in total. The summed E-state index contributed by atoms with van der Waals surface area (Å²) in [5, 5.41) is 10.8. The quantitative estimate of drug-likeness (QED) is 0.689. The first-order valence-electron chi connectivity index (χ1n) is 10.0. The second-order valence-electron chi connectivity index (χ2n) is 9.49. The molecule has 0 spiro atoms. The number of nitrogens with zero attached hydrogens (tertiary/aromatic N) is 3. The smallest absolute Gasteiger partial charge is 0.273 e. The average molecular weight is 412 g/mol. The topological polar surface area (TPSA) is 102 Å². The second-order valence-corrected chi connectivity index (χ2v) is 9.49. The molecule has 0 atom stereocenters. The van der Waals surface area contributed by atoms with Crippen LogP contribution in [-0.2, 0) is 22.3 Å². The summed E-state index contributed by atoms with van der Waals surface area (Å²) in [6, 6.07) is 8.51. The van der Waals surface area contributed by atoms with E-state index in [1.54, 1.807) is 28.9 Å². The minimum Gasteiger partial charge on any atom is -0.311 e. The van der Waals surface area contributed by atoms with Crippen molar-refractivity contribution in [2.75, 3.05) is 5.32 Å². The summed E-state index contributed by atoms with van der Waals surface area (Å²) < 4.78 is 2.99. The molecular weight excluding hydrogens is 382 g/mol. The summed E-state index contributed by atoms with van der Waals surface area (Å²) in [6.07, 6.45) is 0.0361. The summed E-state index contributed by atoms with van der Waals surface area (Å²) in [5.41, 5.74) is -0.276. The van der Waals surface area contributed by atoms with Gasteiger partial charge in [0.2, 0.25) is 5.91 Å². The molecule has 8 heteroatoms. The first-order chi connectivity index (χ1) is 13.9. The molecule has 2 aromatic heterocycles. The SMILES string of the molecule is CC(C)(C)c1cc(NC(=O)CCn2[nH]c(=O)c3ccccc3c2=O)n(C(C)(C)C)n1. The van der Waals surface area contributed by atoms with Crippen molar-refractivity contribution in [1.29, 1.82) is 0 Å². The molecule has 1 aromatic carbocycles. The Morgan fingerprint density at radius 1 is 1.07 bits per heavy atom. The largest absolute Gasteiger partial charge is 0.311 e. The van der Waals surface area contributed by atoms with E-state index in [2.05, 4.69) is 36.3 Å². The van der Waals surface area contributed by atoms with Crippen molar-refractivity contribution in [2.45, 2.75) is 65.5 Å². The van der Waals surface area contributed by atoms with Gasteiger partial charge in [0.15, 0.2) is 0 Å². The van der Waals surface area contributed by atoms with Gasteiger partial charge >= 0.3 is 0 Å². The molecule has 0 saturated heterocycles. The number of H-pyrrole nitrogens is 1. The van der Waals surface area contributed by atoms with Crippen LogP contribution in [0.5, 0.6) is 0 Å². The Labute approximate surface area is 174 Å². The number of anilines is 1. The Morgan fingerprint density at radius 2 is 1.70 bits per heavy atom. The van der Waals surface area contributed by atoms with Crippen LogP contribution >= 0.6 is 0 Å². The third-order valence-corrected chi connectivity index (χ3v) is 4.83. The number of hydrogen-bond acceptors (Lipinski definition) is 4. The van der Waals surface area contributed by atoms with E-state index >= 15 is 0 Å². The minimum absolute atomic E-state index is 0.0361. The Balaban J connectivity index is 1.81. The van der Waals surface area contributed by atoms with Crippen LogP contribution in [0.1, 0.15) is 53.7 Å². The highest BCUT2D eigenvalue weighted by Gasteiger charge is 2.25. The maximum absolute atomic E-state index is 12.6. The summed E-state index contributed by atoms with van der Waals surface area (Å²) in [5.74, 6) is 0.346. The Kier molecular flexibility index (Phi) is 5.45. The number of carbonyl (C=O) groups excluding carboxylic acids is 1. The van der Waals surface area contributed by atoms with Gasteiger partial charge in [-0.05, 0) is 32.9 Å².